The van der Waals surface area contributed by atoms with Gasteiger partial charge in [-0.15, -0.1) is 0 Å². The zero-order valence-corrected chi connectivity index (χ0v) is 9.13. The predicted molar refractivity (Wildman–Crippen MR) is 58.9 cm³/mol. The molecule has 0 radical (unpaired) electrons. The van der Waals surface area contributed by atoms with Crippen molar-refractivity contribution in [2.45, 2.75) is 52.0 Å². The summed E-state index contributed by atoms with van der Waals surface area (Å²) in [7, 11) is 0. The van der Waals surface area contributed by atoms with Crippen LogP contribution in [0.25, 0.3) is 0 Å². The van der Waals surface area contributed by atoms with Gasteiger partial charge in [0.15, 0.2) is 0 Å². The topological polar surface area (TPSA) is 3.24 Å². The molecule has 0 aromatic rings. The van der Waals surface area contributed by atoms with Gasteiger partial charge in [0.05, 0.1) is 0 Å². The predicted octanol–water partition coefficient (Wildman–Crippen LogP) is 3.22. The van der Waals surface area contributed by atoms with Crippen molar-refractivity contribution in [3.05, 3.63) is 12.2 Å². The van der Waals surface area contributed by atoms with E-state index in [1.165, 1.54) is 45.2 Å². The van der Waals surface area contributed by atoms with Crippen LogP contribution in [-0.2, 0) is 0 Å². The van der Waals surface area contributed by atoms with Crippen LogP contribution < -0.4 is 0 Å². The van der Waals surface area contributed by atoms with Gasteiger partial charge >= 0.3 is 0 Å². The van der Waals surface area contributed by atoms with Crippen LogP contribution in [0.4, 0.5) is 0 Å². The smallest absolute Gasteiger partial charge is 0.0278 e. The van der Waals surface area contributed by atoms with Crippen LogP contribution in [0, 0.1) is 0 Å². The van der Waals surface area contributed by atoms with E-state index in [1.54, 1.807) is 0 Å². The lowest BCUT2D eigenvalue weighted by Crippen LogP contribution is -2.36. The van der Waals surface area contributed by atoms with Crippen molar-refractivity contribution in [2.75, 3.05) is 13.1 Å². The first-order valence-electron chi connectivity index (χ1n) is 5.79. The van der Waals surface area contributed by atoms with Crippen molar-refractivity contribution in [2.24, 2.45) is 0 Å². The molecule has 0 saturated heterocycles. The largest absolute Gasteiger partial charge is 0.297 e. The molecule has 0 spiro atoms. The van der Waals surface area contributed by atoms with Gasteiger partial charge in [-0.25, -0.2) is 0 Å². The summed E-state index contributed by atoms with van der Waals surface area (Å²) >= 11 is 0. The molecule has 0 N–H and O–H groups in total. The average molecular weight is 181 g/mol. The minimum absolute atomic E-state index is 0.744. The molecule has 13 heavy (non-hydrogen) atoms. The third-order valence-corrected chi connectivity index (χ3v) is 2.72. The Labute approximate surface area is 82.8 Å². The molecule has 1 aliphatic rings. The Balaban J connectivity index is 2.41. The average Bonchev–Trinajstić information content (AvgIpc) is 2.19. The van der Waals surface area contributed by atoms with Gasteiger partial charge in [0.1, 0.15) is 0 Å². The first kappa shape index (κ1) is 10.8. The monoisotopic (exact) mass is 181 g/mol. The van der Waals surface area contributed by atoms with Crippen LogP contribution in [0.3, 0.4) is 0 Å². The van der Waals surface area contributed by atoms with Crippen LogP contribution in [0.5, 0.6) is 0 Å². The van der Waals surface area contributed by atoms with Crippen LogP contribution in [0.2, 0.25) is 0 Å². The molecule has 0 unspecified atom stereocenters. The van der Waals surface area contributed by atoms with Crippen LogP contribution in [0.15, 0.2) is 12.2 Å². The molecular formula is C12H23N. The Morgan fingerprint density at radius 1 is 1.23 bits per heavy atom. The van der Waals surface area contributed by atoms with E-state index in [1.807, 2.05) is 0 Å². The minimum atomic E-state index is 0.744. The summed E-state index contributed by atoms with van der Waals surface area (Å²) in [6.45, 7) is 7.08. The maximum atomic E-state index is 2.63. The van der Waals surface area contributed by atoms with Crippen molar-refractivity contribution < 1.29 is 0 Å². The molecular weight excluding hydrogens is 158 g/mol. The highest BCUT2D eigenvalue weighted by Crippen LogP contribution is 2.16. The summed E-state index contributed by atoms with van der Waals surface area (Å²) < 4.78 is 0. The molecule has 1 aliphatic carbocycles. The molecule has 0 aromatic heterocycles. The molecule has 0 saturated carbocycles. The normalized spacial score (nSPS) is 22.5. The van der Waals surface area contributed by atoms with E-state index in [4.69, 9.17) is 0 Å². The Kier molecular flexibility index (Phi) is 5.14. The minimum Gasteiger partial charge on any atom is -0.297 e. The summed E-state index contributed by atoms with van der Waals surface area (Å²) in [4.78, 5) is 2.63. The van der Waals surface area contributed by atoms with Crippen molar-refractivity contribution >= 4 is 0 Å². The third kappa shape index (κ3) is 3.51. The maximum absolute atomic E-state index is 2.63. The van der Waals surface area contributed by atoms with Gasteiger partial charge in [0.2, 0.25) is 0 Å². The molecule has 0 aliphatic heterocycles. The second-order valence-electron chi connectivity index (χ2n) is 3.96. The third-order valence-electron chi connectivity index (χ3n) is 2.72. The fourth-order valence-electron chi connectivity index (χ4n) is 2.12. The van der Waals surface area contributed by atoms with E-state index < -0.39 is 0 Å². The maximum Gasteiger partial charge on any atom is 0.0278 e. The standard InChI is InChI=1S/C12H23N/c1-3-10-13(11-4-2)12-8-6-5-7-9-12/h6,8,12H,3-5,7,9-11H2,1-2H3/t12-/m1/s1. The lowest BCUT2D eigenvalue weighted by atomic mass is 10.0. The van der Waals surface area contributed by atoms with Crippen molar-refractivity contribution in [1.29, 1.82) is 0 Å². The van der Waals surface area contributed by atoms with E-state index in [9.17, 15) is 0 Å². The Morgan fingerprint density at radius 2 is 1.92 bits per heavy atom. The number of rotatable bonds is 5. The van der Waals surface area contributed by atoms with E-state index in [0.29, 0.717) is 0 Å². The molecule has 0 amide bonds. The van der Waals surface area contributed by atoms with Gasteiger partial charge in [-0.05, 0) is 45.2 Å². The fourth-order valence-corrected chi connectivity index (χ4v) is 2.12. The summed E-state index contributed by atoms with van der Waals surface area (Å²) in [6, 6.07) is 0.744. The quantitative estimate of drug-likeness (QED) is 0.589. The molecule has 0 fully saturated rings. The van der Waals surface area contributed by atoms with Crippen molar-refractivity contribution in [3.8, 4) is 0 Å². The first-order valence-corrected chi connectivity index (χ1v) is 5.79. The zero-order chi connectivity index (χ0) is 9.52. The van der Waals surface area contributed by atoms with Crippen LogP contribution in [-0.4, -0.2) is 24.0 Å². The van der Waals surface area contributed by atoms with Gasteiger partial charge < -0.3 is 0 Å². The Bertz CT molecular complexity index is 145. The van der Waals surface area contributed by atoms with Gasteiger partial charge in [-0.1, -0.05) is 26.0 Å². The highest BCUT2D eigenvalue weighted by molar-refractivity contribution is 4.98. The lowest BCUT2D eigenvalue weighted by Gasteiger charge is -2.30. The Morgan fingerprint density at radius 3 is 2.38 bits per heavy atom. The molecule has 0 aromatic carbocycles. The summed E-state index contributed by atoms with van der Waals surface area (Å²) in [5, 5.41) is 0. The number of hydrogen-bond donors (Lipinski definition) is 0. The van der Waals surface area contributed by atoms with Gasteiger partial charge in [0, 0.05) is 6.04 Å². The second kappa shape index (κ2) is 6.20. The highest BCUT2D eigenvalue weighted by atomic mass is 15.1. The molecule has 1 nitrogen and oxygen atoms in total. The van der Waals surface area contributed by atoms with Crippen molar-refractivity contribution in [1.82, 2.24) is 4.90 Å². The molecule has 0 bridgehead atoms. The number of allylic oxidation sites excluding steroid dienone is 1. The van der Waals surface area contributed by atoms with Crippen molar-refractivity contribution in [3.63, 3.8) is 0 Å². The summed E-state index contributed by atoms with van der Waals surface area (Å²) in [6.07, 6.45) is 11.4. The molecule has 1 atom stereocenters. The van der Waals surface area contributed by atoms with Crippen LogP contribution in [0.1, 0.15) is 46.0 Å². The van der Waals surface area contributed by atoms with Gasteiger partial charge in [-0.2, -0.15) is 0 Å². The molecule has 76 valence electrons. The summed E-state index contributed by atoms with van der Waals surface area (Å²) in [5.74, 6) is 0. The van der Waals surface area contributed by atoms with Crippen LogP contribution >= 0.6 is 0 Å². The SMILES string of the molecule is CCCN(CCC)[C@@H]1C=CCCC1. The van der Waals surface area contributed by atoms with E-state index in [-0.39, 0.29) is 0 Å². The zero-order valence-electron chi connectivity index (χ0n) is 9.13. The summed E-state index contributed by atoms with van der Waals surface area (Å²) in [5.41, 5.74) is 0. The molecule has 0 heterocycles. The highest BCUT2D eigenvalue weighted by Gasteiger charge is 2.15. The number of nitrogens with zero attached hydrogens (tertiary/aromatic N) is 1. The fraction of sp³-hybridized carbons (Fsp3) is 0.833. The Hall–Kier alpha value is -0.300. The molecule has 1 heteroatoms. The second-order valence-corrected chi connectivity index (χ2v) is 3.96. The van der Waals surface area contributed by atoms with E-state index in [2.05, 4.69) is 30.9 Å². The lowest BCUT2D eigenvalue weighted by molar-refractivity contribution is 0.214. The molecule has 1 rings (SSSR count). The first-order chi connectivity index (χ1) is 6.38. The van der Waals surface area contributed by atoms with E-state index in [0.717, 1.165) is 6.04 Å². The number of hydrogen-bond acceptors (Lipinski definition) is 1. The van der Waals surface area contributed by atoms with Gasteiger partial charge in [-0.3, -0.25) is 4.90 Å². The van der Waals surface area contributed by atoms with Gasteiger partial charge in [0.25, 0.3) is 0 Å². The van der Waals surface area contributed by atoms with E-state index >= 15 is 0 Å².